The van der Waals surface area contributed by atoms with Crippen molar-refractivity contribution in [2.45, 2.75) is 0 Å². The van der Waals surface area contributed by atoms with Crippen LogP contribution in [0.1, 0.15) is 5.56 Å². The van der Waals surface area contributed by atoms with E-state index in [4.69, 9.17) is 0 Å². The highest BCUT2D eigenvalue weighted by atomic mass is 19.1. The average Bonchev–Trinajstić information content (AvgIpc) is 2.50. The number of hydrogen-bond acceptors (Lipinski definition) is 3. The molecule has 0 saturated heterocycles. The van der Waals surface area contributed by atoms with Gasteiger partial charge in [0.2, 0.25) is 0 Å². The Morgan fingerprint density at radius 2 is 1.71 bits per heavy atom. The van der Waals surface area contributed by atoms with Crippen LogP contribution in [0.5, 0.6) is 0 Å². The molecule has 0 aliphatic rings. The molecule has 0 unspecified atom stereocenters. The Morgan fingerprint density at radius 1 is 1.00 bits per heavy atom. The maximum atomic E-state index is 13.5. The van der Waals surface area contributed by atoms with Gasteiger partial charge in [-0.3, -0.25) is 4.98 Å². The minimum absolute atomic E-state index is 0.289. The fourth-order valence-electron chi connectivity index (χ4n) is 2.06. The normalized spacial score (nSPS) is 10.3. The Labute approximate surface area is 119 Å². The molecule has 1 heterocycles. The number of nitriles is 1. The number of pyridine rings is 1. The van der Waals surface area contributed by atoms with E-state index in [-0.39, 0.29) is 11.4 Å². The van der Waals surface area contributed by atoms with Crippen molar-refractivity contribution >= 4 is 22.3 Å². The van der Waals surface area contributed by atoms with E-state index in [0.29, 0.717) is 22.3 Å². The van der Waals surface area contributed by atoms with Crippen molar-refractivity contribution in [3.63, 3.8) is 0 Å². The summed E-state index contributed by atoms with van der Waals surface area (Å²) in [5.41, 5.74) is 1.91. The first kappa shape index (κ1) is 13.0. The van der Waals surface area contributed by atoms with E-state index >= 15 is 0 Å². The van der Waals surface area contributed by atoms with Gasteiger partial charge in [0.25, 0.3) is 0 Å². The summed E-state index contributed by atoms with van der Waals surface area (Å²) in [6.45, 7) is 0. The van der Waals surface area contributed by atoms with Crippen molar-refractivity contribution in [3.8, 4) is 6.07 Å². The quantitative estimate of drug-likeness (QED) is 0.768. The van der Waals surface area contributed by atoms with Crippen LogP contribution in [0.25, 0.3) is 10.9 Å². The number of nitrogens with one attached hydrogen (secondary N) is 1. The van der Waals surface area contributed by atoms with Crippen molar-refractivity contribution in [1.29, 1.82) is 5.26 Å². The molecule has 0 bridgehead atoms. The van der Waals surface area contributed by atoms with E-state index in [9.17, 15) is 14.0 Å². The summed E-state index contributed by atoms with van der Waals surface area (Å²) in [4.78, 5) is 4.12. The molecule has 0 aliphatic heterocycles. The molecule has 0 fully saturated rings. The van der Waals surface area contributed by atoms with E-state index in [1.165, 1.54) is 30.5 Å². The molecule has 3 nitrogen and oxygen atoms in total. The lowest BCUT2D eigenvalue weighted by atomic mass is 10.1. The lowest BCUT2D eigenvalue weighted by molar-refractivity contribution is 0.628. The van der Waals surface area contributed by atoms with Crippen LogP contribution in [0, 0.1) is 23.0 Å². The fraction of sp³-hybridized carbons (Fsp3) is 0. The van der Waals surface area contributed by atoms with Crippen LogP contribution in [0.3, 0.4) is 0 Å². The van der Waals surface area contributed by atoms with E-state index in [2.05, 4.69) is 10.3 Å². The zero-order chi connectivity index (χ0) is 14.8. The predicted octanol–water partition coefficient (Wildman–Crippen LogP) is 4.13. The monoisotopic (exact) mass is 281 g/mol. The second-order valence-electron chi connectivity index (χ2n) is 4.45. The highest BCUT2D eigenvalue weighted by Crippen LogP contribution is 2.29. The predicted molar refractivity (Wildman–Crippen MR) is 76.1 cm³/mol. The van der Waals surface area contributed by atoms with E-state index in [1.807, 2.05) is 6.07 Å². The van der Waals surface area contributed by atoms with Crippen LogP contribution < -0.4 is 5.32 Å². The Morgan fingerprint density at radius 3 is 2.43 bits per heavy atom. The number of halogens is 2. The number of fused-ring (bicyclic) bond motifs is 1. The summed E-state index contributed by atoms with van der Waals surface area (Å²) < 4.78 is 26.4. The lowest BCUT2D eigenvalue weighted by Crippen LogP contribution is -1.97. The van der Waals surface area contributed by atoms with Gasteiger partial charge in [0, 0.05) is 17.3 Å². The van der Waals surface area contributed by atoms with Gasteiger partial charge in [-0.15, -0.1) is 0 Å². The molecule has 102 valence electrons. The number of hydrogen-bond donors (Lipinski definition) is 1. The maximum absolute atomic E-state index is 13.5. The summed E-state index contributed by atoms with van der Waals surface area (Å²) in [6, 6.07) is 11.9. The topological polar surface area (TPSA) is 48.7 Å². The molecular weight excluding hydrogens is 272 g/mol. The summed E-state index contributed by atoms with van der Waals surface area (Å²) in [5, 5.41) is 12.7. The second kappa shape index (κ2) is 5.17. The van der Waals surface area contributed by atoms with Gasteiger partial charge >= 0.3 is 0 Å². The largest absolute Gasteiger partial charge is 0.354 e. The van der Waals surface area contributed by atoms with Gasteiger partial charge in [-0.05, 0) is 42.5 Å². The third kappa shape index (κ3) is 2.51. The van der Waals surface area contributed by atoms with Gasteiger partial charge in [-0.1, -0.05) is 0 Å². The fourth-order valence-corrected chi connectivity index (χ4v) is 2.06. The molecule has 3 rings (SSSR count). The molecule has 2 aromatic carbocycles. The van der Waals surface area contributed by atoms with E-state index in [1.54, 1.807) is 18.2 Å². The van der Waals surface area contributed by atoms with E-state index < -0.39 is 5.82 Å². The second-order valence-corrected chi connectivity index (χ2v) is 4.45. The number of aromatic nitrogens is 1. The molecule has 0 amide bonds. The standard InChI is InChI=1S/C16H9F2N3/c17-11-1-4-13(5-2-11)21-16-10(8-19)9-20-15-6-3-12(18)7-14(15)16/h1-7,9H,(H,20,21). The molecule has 1 N–H and O–H groups in total. The third-order valence-corrected chi connectivity index (χ3v) is 3.06. The molecule has 1 aromatic heterocycles. The van der Waals surface area contributed by atoms with Crippen LogP contribution in [0.2, 0.25) is 0 Å². The number of anilines is 2. The number of benzene rings is 2. The highest BCUT2D eigenvalue weighted by molar-refractivity contribution is 5.95. The van der Waals surface area contributed by atoms with Crippen LogP contribution in [-0.4, -0.2) is 4.98 Å². The minimum Gasteiger partial charge on any atom is -0.354 e. The first-order chi connectivity index (χ1) is 10.2. The van der Waals surface area contributed by atoms with Gasteiger partial charge in [0.05, 0.1) is 16.8 Å². The maximum Gasteiger partial charge on any atom is 0.124 e. The first-order valence-corrected chi connectivity index (χ1v) is 6.18. The molecule has 0 atom stereocenters. The molecule has 0 saturated carbocycles. The summed E-state index contributed by atoms with van der Waals surface area (Å²) >= 11 is 0. The van der Waals surface area contributed by atoms with Crippen molar-refractivity contribution in [3.05, 3.63) is 65.9 Å². The van der Waals surface area contributed by atoms with Gasteiger partial charge in [0.1, 0.15) is 17.7 Å². The molecule has 3 aromatic rings. The van der Waals surface area contributed by atoms with Crippen LogP contribution in [0.4, 0.5) is 20.2 Å². The van der Waals surface area contributed by atoms with Crippen molar-refractivity contribution in [2.24, 2.45) is 0 Å². The van der Waals surface area contributed by atoms with Crippen molar-refractivity contribution < 1.29 is 8.78 Å². The average molecular weight is 281 g/mol. The smallest absolute Gasteiger partial charge is 0.124 e. The van der Waals surface area contributed by atoms with E-state index in [0.717, 1.165) is 0 Å². The lowest BCUT2D eigenvalue weighted by Gasteiger charge is -2.11. The molecule has 0 radical (unpaired) electrons. The SMILES string of the molecule is N#Cc1cnc2ccc(F)cc2c1Nc1ccc(F)cc1. The number of nitrogens with zero attached hydrogens (tertiary/aromatic N) is 2. The summed E-state index contributed by atoms with van der Waals surface area (Å²) in [5.74, 6) is -0.770. The molecule has 21 heavy (non-hydrogen) atoms. The van der Waals surface area contributed by atoms with Crippen LogP contribution in [-0.2, 0) is 0 Å². The van der Waals surface area contributed by atoms with Gasteiger partial charge in [0.15, 0.2) is 0 Å². The zero-order valence-electron chi connectivity index (χ0n) is 10.8. The Kier molecular flexibility index (Phi) is 3.20. The minimum atomic E-state index is -0.415. The van der Waals surface area contributed by atoms with Crippen LogP contribution in [0.15, 0.2) is 48.7 Å². The molecule has 0 spiro atoms. The van der Waals surface area contributed by atoms with Crippen molar-refractivity contribution in [2.75, 3.05) is 5.32 Å². The molecule has 5 heteroatoms. The Balaban J connectivity index is 2.17. The van der Waals surface area contributed by atoms with Gasteiger partial charge < -0.3 is 5.32 Å². The first-order valence-electron chi connectivity index (χ1n) is 6.18. The third-order valence-electron chi connectivity index (χ3n) is 3.06. The molecular formula is C16H9F2N3. The number of rotatable bonds is 2. The summed E-state index contributed by atoms with van der Waals surface area (Å²) in [6.07, 6.45) is 1.42. The van der Waals surface area contributed by atoms with Gasteiger partial charge in [-0.2, -0.15) is 5.26 Å². The Hall–Kier alpha value is -3.00. The van der Waals surface area contributed by atoms with Crippen LogP contribution >= 0.6 is 0 Å². The van der Waals surface area contributed by atoms with Crippen molar-refractivity contribution in [1.82, 2.24) is 4.98 Å². The highest BCUT2D eigenvalue weighted by Gasteiger charge is 2.10. The Bertz CT molecular complexity index is 852. The molecule has 0 aliphatic carbocycles. The van der Waals surface area contributed by atoms with Gasteiger partial charge in [-0.25, -0.2) is 8.78 Å². The zero-order valence-corrected chi connectivity index (χ0v) is 10.8. The summed E-state index contributed by atoms with van der Waals surface area (Å²) in [7, 11) is 0.